The van der Waals surface area contributed by atoms with Crippen molar-refractivity contribution in [2.24, 2.45) is 10.9 Å². The van der Waals surface area contributed by atoms with Crippen LogP contribution in [0.25, 0.3) is 0 Å². The summed E-state index contributed by atoms with van der Waals surface area (Å²) in [4.78, 5) is 30.5. The fourth-order valence-electron chi connectivity index (χ4n) is 3.16. The number of piperidine rings is 1. The van der Waals surface area contributed by atoms with E-state index in [1.54, 1.807) is 19.2 Å². The second-order valence-electron chi connectivity index (χ2n) is 6.67. The second-order valence-corrected chi connectivity index (χ2v) is 6.67. The largest absolute Gasteiger partial charge is 0.359 e. The minimum absolute atomic E-state index is 0.0779. The molecule has 27 heavy (non-hydrogen) atoms. The third-order valence-corrected chi connectivity index (χ3v) is 4.70. The van der Waals surface area contributed by atoms with Gasteiger partial charge in [0.2, 0.25) is 5.91 Å². The first kappa shape index (κ1) is 20.7. The summed E-state index contributed by atoms with van der Waals surface area (Å²) >= 11 is 0. The number of amides is 2. The number of nitrogens with zero attached hydrogens (tertiary/aromatic N) is 2. The van der Waals surface area contributed by atoms with Gasteiger partial charge in [-0.2, -0.15) is 0 Å². The summed E-state index contributed by atoms with van der Waals surface area (Å²) in [6, 6.07) is 9.19. The Morgan fingerprint density at radius 3 is 2.48 bits per heavy atom. The molecular formula is C20H31N5O2. The zero-order chi connectivity index (χ0) is 19.5. The van der Waals surface area contributed by atoms with E-state index < -0.39 is 0 Å². The summed E-state index contributed by atoms with van der Waals surface area (Å²) < 4.78 is 0. The van der Waals surface area contributed by atoms with Crippen LogP contribution in [0.15, 0.2) is 35.3 Å². The Kier molecular flexibility index (Phi) is 8.61. The Morgan fingerprint density at radius 2 is 1.85 bits per heavy atom. The van der Waals surface area contributed by atoms with Crippen molar-refractivity contribution in [2.75, 3.05) is 39.8 Å². The van der Waals surface area contributed by atoms with E-state index in [0.717, 1.165) is 38.4 Å². The van der Waals surface area contributed by atoms with Crippen LogP contribution in [0.2, 0.25) is 0 Å². The Bertz CT molecular complexity index is 625. The average Bonchev–Trinajstić information content (AvgIpc) is 2.71. The van der Waals surface area contributed by atoms with Gasteiger partial charge < -0.3 is 20.9 Å². The van der Waals surface area contributed by atoms with Crippen LogP contribution < -0.4 is 16.0 Å². The molecule has 1 aliphatic rings. The first-order valence-corrected chi connectivity index (χ1v) is 9.71. The zero-order valence-corrected chi connectivity index (χ0v) is 16.3. The van der Waals surface area contributed by atoms with Gasteiger partial charge >= 0.3 is 0 Å². The van der Waals surface area contributed by atoms with E-state index in [1.165, 1.54) is 0 Å². The number of aliphatic imine (C=N–C) groups is 1. The molecule has 0 saturated carbocycles. The van der Waals surface area contributed by atoms with Crippen LogP contribution in [0.3, 0.4) is 0 Å². The van der Waals surface area contributed by atoms with E-state index >= 15 is 0 Å². The molecule has 1 saturated heterocycles. The molecule has 7 nitrogen and oxygen atoms in total. The summed E-state index contributed by atoms with van der Waals surface area (Å²) in [7, 11) is 1.68. The standard InChI is InChI=1S/C20H31N5O2/c1-3-22-20(25-13-9-16(10-14-25)15-18(26)21-2)24-12-11-23-19(27)17-7-5-4-6-8-17/h4-8,16H,3,9-15H2,1-2H3,(H,21,26)(H,22,24)(H,23,27). The number of hydrogen-bond donors (Lipinski definition) is 3. The monoisotopic (exact) mass is 373 g/mol. The summed E-state index contributed by atoms with van der Waals surface area (Å²) in [6.07, 6.45) is 2.58. The lowest BCUT2D eigenvalue weighted by Crippen LogP contribution is -2.46. The summed E-state index contributed by atoms with van der Waals surface area (Å²) in [5, 5.41) is 8.92. The van der Waals surface area contributed by atoms with Crippen molar-refractivity contribution < 1.29 is 9.59 Å². The van der Waals surface area contributed by atoms with Gasteiger partial charge in [0.1, 0.15) is 0 Å². The predicted octanol–water partition coefficient (Wildman–Crippen LogP) is 1.23. The minimum atomic E-state index is -0.0779. The topological polar surface area (TPSA) is 85.8 Å². The van der Waals surface area contributed by atoms with Crippen molar-refractivity contribution >= 4 is 17.8 Å². The number of hydrogen-bond acceptors (Lipinski definition) is 3. The normalized spacial score (nSPS) is 15.3. The Morgan fingerprint density at radius 1 is 1.15 bits per heavy atom. The minimum Gasteiger partial charge on any atom is -0.359 e. The second kappa shape index (κ2) is 11.2. The fraction of sp³-hybridized carbons (Fsp3) is 0.550. The van der Waals surface area contributed by atoms with Crippen LogP contribution in [-0.2, 0) is 4.79 Å². The lowest BCUT2D eigenvalue weighted by Gasteiger charge is -2.34. The molecule has 2 amide bonds. The number of guanidine groups is 1. The van der Waals surface area contributed by atoms with E-state index in [9.17, 15) is 9.59 Å². The molecule has 1 fully saturated rings. The van der Waals surface area contributed by atoms with Gasteiger partial charge in [0, 0.05) is 45.2 Å². The van der Waals surface area contributed by atoms with Crippen molar-refractivity contribution in [3.05, 3.63) is 35.9 Å². The van der Waals surface area contributed by atoms with Crippen LogP contribution in [0, 0.1) is 5.92 Å². The molecule has 148 valence electrons. The van der Waals surface area contributed by atoms with Crippen molar-refractivity contribution in [1.29, 1.82) is 0 Å². The fourth-order valence-corrected chi connectivity index (χ4v) is 3.16. The molecule has 1 aromatic carbocycles. The molecular weight excluding hydrogens is 342 g/mol. The SMILES string of the molecule is CCNC(=NCCNC(=O)c1ccccc1)N1CCC(CC(=O)NC)CC1. The maximum Gasteiger partial charge on any atom is 0.251 e. The lowest BCUT2D eigenvalue weighted by molar-refractivity contribution is -0.121. The molecule has 1 aliphatic heterocycles. The van der Waals surface area contributed by atoms with Crippen molar-refractivity contribution in [3.8, 4) is 0 Å². The van der Waals surface area contributed by atoms with Crippen molar-refractivity contribution in [3.63, 3.8) is 0 Å². The molecule has 3 N–H and O–H groups in total. The zero-order valence-electron chi connectivity index (χ0n) is 16.3. The third kappa shape index (κ3) is 6.92. The van der Waals surface area contributed by atoms with Crippen LogP contribution in [0.5, 0.6) is 0 Å². The molecule has 0 radical (unpaired) electrons. The number of carbonyl (C=O) groups is 2. The maximum atomic E-state index is 12.0. The van der Waals surface area contributed by atoms with Crippen LogP contribution >= 0.6 is 0 Å². The Labute approximate surface area is 161 Å². The highest BCUT2D eigenvalue weighted by Gasteiger charge is 2.22. The van der Waals surface area contributed by atoms with E-state index in [1.807, 2.05) is 25.1 Å². The molecule has 0 unspecified atom stereocenters. The molecule has 1 aromatic rings. The molecule has 0 bridgehead atoms. The first-order chi connectivity index (χ1) is 13.1. The summed E-state index contributed by atoms with van der Waals surface area (Å²) in [5.41, 5.74) is 0.659. The number of rotatable bonds is 7. The molecule has 7 heteroatoms. The highest BCUT2D eigenvalue weighted by atomic mass is 16.2. The molecule has 1 heterocycles. The van der Waals surface area contributed by atoms with Gasteiger partial charge in [0.15, 0.2) is 5.96 Å². The van der Waals surface area contributed by atoms with E-state index in [0.29, 0.717) is 31.0 Å². The van der Waals surface area contributed by atoms with Crippen molar-refractivity contribution in [1.82, 2.24) is 20.9 Å². The Hall–Kier alpha value is -2.57. The summed E-state index contributed by atoms with van der Waals surface area (Å²) in [6.45, 7) is 5.65. The lowest BCUT2D eigenvalue weighted by atomic mass is 9.93. The number of benzene rings is 1. The number of likely N-dealkylation sites (tertiary alicyclic amines) is 1. The van der Waals surface area contributed by atoms with Gasteiger partial charge in [-0.15, -0.1) is 0 Å². The molecule has 2 rings (SSSR count). The summed E-state index contributed by atoms with van der Waals surface area (Å²) in [5.74, 6) is 1.35. The highest BCUT2D eigenvalue weighted by Crippen LogP contribution is 2.20. The van der Waals surface area contributed by atoms with Gasteiger partial charge in [0.05, 0.1) is 6.54 Å². The van der Waals surface area contributed by atoms with Crippen LogP contribution in [0.1, 0.15) is 36.5 Å². The highest BCUT2D eigenvalue weighted by molar-refractivity contribution is 5.94. The van der Waals surface area contributed by atoms with Gasteiger partial charge in [-0.3, -0.25) is 14.6 Å². The van der Waals surface area contributed by atoms with Gasteiger partial charge in [-0.05, 0) is 37.8 Å². The van der Waals surface area contributed by atoms with E-state index in [2.05, 4.69) is 25.8 Å². The molecule has 0 aromatic heterocycles. The molecule has 0 spiro atoms. The predicted molar refractivity (Wildman–Crippen MR) is 108 cm³/mol. The molecule has 0 atom stereocenters. The van der Waals surface area contributed by atoms with Gasteiger partial charge in [-0.1, -0.05) is 18.2 Å². The number of nitrogens with one attached hydrogen (secondary N) is 3. The van der Waals surface area contributed by atoms with E-state index in [-0.39, 0.29) is 11.8 Å². The smallest absolute Gasteiger partial charge is 0.251 e. The van der Waals surface area contributed by atoms with Crippen LogP contribution in [-0.4, -0.2) is 62.4 Å². The van der Waals surface area contributed by atoms with Gasteiger partial charge in [0.25, 0.3) is 5.91 Å². The molecule has 0 aliphatic carbocycles. The Balaban J connectivity index is 1.79. The van der Waals surface area contributed by atoms with E-state index in [4.69, 9.17) is 0 Å². The van der Waals surface area contributed by atoms with Crippen LogP contribution in [0.4, 0.5) is 0 Å². The first-order valence-electron chi connectivity index (χ1n) is 9.71. The van der Waals surface area contributed by atoms with Gasteiger partial charge in [-0.25, -0.2) is 0 Å². The van der Waals surface area contributed by atoms with Crippen molar-refractivity contribution in [2.45, 2.75) is 26.2 Å². The quantitative estimate of drug-likeness (QED) is 0.381. The third-order valence-electron chi connectivity index (χ3n) is 4.70. The maximum absolute atomic E-state index is 12.0. The average molecular weight is 374 g/mol. The number of carbonyl (C=O) groups excluding carboxylic acids is 2.